The minimum atomic E-state index is -0.222. The molecule has 4 rings (SSSR count). The fraction of sp³-hybridized carbons (Fsp3) is 0.0526. The van der Waals surface area contributed by atoms with Crippen molar-refractivity contribution >= 4 is 28.5 Å². The van der Waals surface area contributed by atoms with Crippen LogP contribution in [0, 0.1) is 0 Å². The summed E-state index contributed by atoms with van der Waals surface area (Å²) >= 11 is 6.07. The van der Waals surface area contributed by atoms with Gasteiger partial charge in [-0.25, -0.2) is 9.97 Å². The van der Waals surface area contributed by atoms with E-state index in [1.807, 2.05) is 41.0 Å². The van der Waals surface area contributed by atoms with E-state index in [9.17, 15) is 4.79 Å². The van der Waals surface area contributed by atoms with E-state index in [0.717, 1.165) is 5.56 Å². The molecule has 25 heavy (non-hydrogen) atoms. The summed E-state index contributed by atoms with van der Waals surface area (Å²) in [6.45, 7) is 0.587. The van der Waals surface area contributed by atoms with Crippen LogP contribution in [0.3, 0.4) is 0 Å². The van der Waals surface area contributed by atoms with Gasteiger partial charge in [0.05, 0.1) is 12.9 Å². The summed E-state index contributed by atoms with van der Waals surface area (Å²) in [6, 6.07) is 18.9. The molecule has 122 valence electrons. The van der Waals surface area contributed by atoms with Crippen LogP contribution >= 0.6 is 11.6 Å². The Morgan fingerprint density at radius 2 is 1.64 bits per heavy atom. The van der Waals surface area contributed by atoms with E-state index in [-0.39, 0.29) is 16.8 Å². The Labute approximate surface area is 149 Å². The molecule has 0 amide bonds. The van der Waals surface area contributed by atoms with Gasteiger partial charge in [-0.2, -0.15) is 4.98 Å². The Balaban J connectivity index is 1.80. The number of hydrogen-bond acceptors (Lipinski definition) is 4. The van der Waals surface area contributed by atoms with Gasteiger partial charge in [0, 0.05) is 5.56 Å². The number of halogens is 1. The summed E-state index contributed by atoms with van der Waals surface area (Å²) < 4.78 is 1.86. The first-order chi connectivity index (χ1) is 12.2. The van der Waals surface area contributed by atoms with Gasteiger partial charge >= 0.3 is 0 Å². The maximum absolute atomic E-state index is 12.8. The van der Waals surface area contributed by atoms with Crippen molar-refractivity contribution in [1.82, 2.24) is 19.5 Å². The first-order valence-electron chi connectivity index (χ1n) is 7.74. The van der Waals surface area contributed by atoms with E-state index in [1.165, 1.54) is 0 Å². The Hall–Kier alpha value is -3.05. The van der Waals surface area contributed by atoms with Gasteiger partial charge in [0.1, 0.15) is 11.2 Å². The number of ketones is 1. The fourth-order valence-electron chi connectivity index (χ4n) is 2.70. The third kappa shape index (κ3) is 3.02. The smallest absolute Gasteiger partial charge is 0.225 e. The van der Waals surface area contributed by atoms with E-state index in [2.05, 4.69) is 15.0 Å². The van der Waals surface area contributed by atoms with Crippen molar-refractivity contribution in [3.05, 3.63) is 89.1 Å². The number of carbonyl (C=O) groups is 1. The van der Waals surface area contributed by atoms with Crippen molar-refractivity contribution in [3.63, 3.8) is 0 Å². The highest BCUT2D eigenvalue weighted by atomic mass is 35.5. The molecule has 2 aromatic carbocycles. The Morgan fingerprint density at radius 3 is 2.36 bits per heavy atom. The molecule has 5 nitrogen and oxygen atoms in total. The zero-order valence-electron chi connectivity index (χ0n) is 13.1. The fourth-order valence-corrected chi connectivity index (χ4v) is 2.86. The van der Waals surface area contributed by atoms with Gasteiger partial charge in [-0.15, -0.1) is 0 Å². The van der Waals surface area contributed by atoms with Crippen molar-refractivity contribution in [2.45, 2.75) is 6.54 Å². The summed E-state index contributed by atoms with van der Waals surface area (Å²) in [5, 5.41) is 0.0293. The summed E-state index contributed by atoms with van der Waals surface area (Å²) in [5.41, 5.74) is 2.86. The predicted molar refractivity (Wildman–Crippen MR) is 95.8 cm³/mol. The molecular weight excluding hydrogens is 336 g/mol. The van der Waals surface area contributed by atoms with Crippen LogP contribution in [0.2, 0.25) is 5.28 Å². The Morgan fingerprint density at radius 1 is 0.960 bits per heavy atom. The second-order valence-electron chi connectivity index (χ2n) is 5.57. The lowest BCUT2D eigenvalue weighted by Gasteiger charge is -2.05. The van der Waals surface area contributed by atoms with Crippen LogP contribution < -0.4 is 0 Å². The second kappa shape index (κ2) is 6.45. The van der Waals surface area contributed by atoms with Crippen molar-refractivity contribution < 1.29 is 4.79 Å². The van der Waals surface area contributed by atoms with Gasteiger partial charge in [0.2, 0.25) is 11.1 Å². The summed E-state index contributed by atoms with van der Waals surface area (Å²) in [6.07, 6.45) is 1.66. The molecule has 0 aliphatic rings. The number of rotatable bonds is 4. The van der Waals surface area contributed by atoms with E-state index >= 15 is 0 Å². The molecule has 0 spiro atoms. The maximum Gasteiger partial charge on any atom is 0.225 e. The number of carbonyl (C=O) groups excluding carboxylic acids is 1. The quantitative estimate of drug-likeness (QED) is 0.416. The van der Waals surface area contributed by atoms with Crippen molar-refractivity contribution in [2.75, 3.05) is 0 Å². The number of imidazole rings is 1. The van der Waals surface area contributed by atoms with Gasteiger partial charge in [-0.3, -0.25) is 4.79 Å². The zero-order valence-corrected chi connectivity index (χ0v) is 13.9. The molecule has 0 aliphatic carbocycles. The highest BCUT2D eigenvalue weighted by Crippen LogP contribution is 2.20. The lowest BCUT2D eigenvalue weighted by molar-refractivity contribution is 0.103. The van der Waals surface area contributed by atoms with Crippen molar-refractivity contribution in [2.24, 2.45) is 0 Å². The van der Waals surface area contributed by atoms with Gasteiger partial charge < -0.3 is 4.57 Å². The summed E-state index contributed by atoms with van der Waals surface area (Å²) in [4.78, 5) is 25.5. The summed E-state index contributed by atoms with van der Waals surface area (Å²) in [7, 11) is 0. The molecule has 0 fully saturated rings. The molecule has 0 unspecified atom stereocenters. The molecule has 0 aliphatic heterocycles. The number of aromatic nitrogens is 4. The van der Waals surface area contributed by atoms with Gasteiger partial charge in [-0.05, 0) is 17.2 Å². The minimum Gasteiger partial charge on any atom is -0.311 e. The number of hydrogen-bond donors (Lipinski definition) is 0. The average molecular weight is 349 g/mol. The number of nitrogens with zero attached hydrogens (tertiary/aromatic N) is 4. The molecule has 4 aromatic rings. The molecule has 2 heterocycles. The Kier molecular flexibility index (Phi) is 3.99. The molecule has 0 saturated heterocycles. The first kappa shape index (κ1) is 15.5. The monoisotopic (exact) mass is 348 g/mol. The second-order valence-corrected chi connectivity index (χ2v) is 5.90. The van der Waals surface area contributed by atoms with E-state index in [1.54, 1.807) is 30.6 Å². The number of benzene rings is 2. The molecule has 6 heteroatoms. The molecular formula is C19H13ClN4O. The largest absolute Gasteiger partial charge is 0.311 e. The van der Waals surface area contributed by atoms with E-state index < -0.39 is 0 Å². The highest BCUT2D eigenvalue weighted by Gasteiger charge is 2.19. The van der Waals surface area contributed by atoms with E-state index in [0.29, 0.717) is 23.3 Å². The summed E-state index contributed by atoms with van der Waals surface area (Å²) in [5.74, 6) is -0.222. The van der Waals surface area contributed by atoms with Gasteiger partial charge in [-0.1, -0.05) is 60.7 Å². The minimum absolute atomic E-state index is 0.0293. The highest BCUT2D eigenvalue weighted by molar-refractivity contribution is 6.29. The lowest BCUT2D eigenvalue weighted by atomic mass is 10.1. The van der Waals surface area contributed by atoms with Crippen molar-refractivity contribution in [1.29, 1.82) is 0 Å². The molecule has 0 bridgehead atoms. The third-order valence-corrected chi connectivity index (χ3v) is 4.05. The van der Waals surface area contributed by atoms with Crippen LogP contribution in [-0.2, 0) is 6.54 Å². The average Bonchev–Trinajstić information content (AvgIpc) is 3.04. The molecule has 0 N–H and O–H groups in total. The van der Waals surface area contributed by atoms with Crippen LogP contribution in [-0.4, -0.2) is 25.3 Å². The van der Waals surface area contributed by atoms with Gasteiger partial charge in [0.15, 0.2) is 5.65 Å². The van der Waals surface area contributed by atoms with Crippen LogP contribution in [0.5, 0.6) is 0 Å². The molecule has 0 saturated carbocycles. The lowest BCUT2D eigenvalue weighted by Crippen LogP contribution is -2.07. The van der Waals surface area contributed by atoms with Crippen molar-refractivity contribution in [3.8, 4) is 0 Å². The maximum atomic E-state index is 12.8. The van der Waals surface area contributed by atoms with Crippen LogP contribution in [0.4, 0.5) is 0 Å². The zero-order chi connectivity index (χ0) is 17.2. The van der Waals surface area contributed by atoms with Crippen LogP contribution in [0.15, 0.2) is 67.0 Å². The van der Waals surface area contributed by atoms with E-state index in [4.69, 9.17) is 11.6 Å². The van der Waals surface area contributed by atoms with Gasteiger partial charge in [0.25, 0.3) is 0 Å². The van der Waals surface area contributed by atoms with Crippen LogP contribution in [0.1, 0.15) is 21.6 Å². The Bertz CT molecular complexity index is 1050. The van der Waals surface area contributed by atoms with Crippen LogP contribution in [0.25, 0.3) is 11.2 Å². The number of fused-ring (bicyclic) bond motifs is 1. The molecule has 2 aromatic heterocycles. The normalized spacial score (nSPS) is 10.9. The SMILES string of the molecule is O=C(c1ccccc1)c1nc(Cl)nc2c1ncn2Cc1ccccc1. The topological polar surface area (TPSA) is 60.7 Å². The standard InChI is InChI=1S/C19H13ClN4O/c20-19-22-15(17(25)14-9-5-2-6-10-14)16-18(23-19)24(12-21-16)11-13-7-3-1-4-8-13/h1-10,12H,11H2. The predicted octanol–water partition coefficient (Wildman–Crippen LogP) is 3.76. The molecule has 0 radical (unpaired) electrons. The first-order valence-corrected chi connectivity index (χ1v) is 8.12. The molecule has 0 atom stereocenters. The third-order valence-electron chi connectivity index (χ3n) is 3.88.